The van der Waals surface area contributed by atoms with E-state index in [1.807, 2.05) is 31.2 Å². The molecule has 0 unspecified atom stereocenters. The maximum atomic E-state index is 12.6. The van der Waals surface area contributed by atoms with Crippen LogP contribution < -0.4 is 16.0 Å². The average Bonchev–Trinajstić information content (AvgIpc) is 3.05. The van der Waals surface area contributed by atoms with Gasteiger partial charge in [-0.3, -0.25) is 14.9 Å². The summed E-state index contributed by atoms with van der Waals surface area (Å²) < 4.78 is 1.01. The van der Waals surface area contributed by atoms with Crippen molar-refractivity contribution in [2.24, 2.45) is 4.99 Å². The number of guanidine groups is 1. The highest BCUT2D eigenvalue weighted by Gasteiger charge is 2.27. The topological polar surface area (TPSA) is 95.5 Å². The van der Waals surface area contributed by atoms with E-state index < -0.39 is 6.04 Å². The van der Waals surface area contributed by atoms with Crippen molar-refractivity contribution < 1.29 is 9.59 Å². The lowest BCUT2D eigenvalue weighted by Gasteiger charge is -2.20. The molecule has 0 spiro atoms. The Kier molecular flexibility index (Phi) is 4.97. The number of aromatic nitrogens is 1. The standard InChI is InChI=1S/C19H16ClN5O2S/c1-10-8-11(20)6-7-12(10)21-17(27)14-9-16(26)24-18(22-14)25-19-23-13-4-2-3-5-15(13)28-19/h2-8,14H,9H2,1H3,(H,21,27)(H2,22,23,24,25,26)/t14-/m0/s1. The first-order valence-electron chi connectivity index (χ1n) is 8.55. The molecule has 2 amide bonds. The van der Waals surface area contributed by atoms with Gasteiger partial charge in [-0.25, -0.2) is 9.98 Å². The summed E-state index contributed by atoms with van der Waals surface area (Å²) in [6.45, 7) is 1.85. The second kappa shape index (κ2) is 7.57. The summed E-state index contributed by atoms with van der Waals surface area (Å²) in [5, 5.41) is 9.63. The van der Waals surface area contributed by atoms with Crippen LogP contribution in [0.5, 0.6) is 0 Å². The number of aryl methyl sites for hydroxylation is 1. The van der Waals surface area contributed by atoms with Crippen molar-refractivity contribution in [2.45, 2.75) is 19.4 Å². The number of hydrogen-bond acceptors (Lipinski definition) is 6. The van der Waals surface area contributed by atoms with Crippen LogP contribution in [0.25, 0.3) is 10.2 Å². The molecule has 0 bridgehead atoms. The molecule has 3 aromatic rings. The number of carbonyl (C=O) groups is 2. The van der Waals surface area contributed by atoms with Crippen LogP contribution in [-0.4, -0.2) is 28.8 Å². The SMILES string of the molecule is Cc1cc(Cl)ccc1NC(=O)[C@@H]1CC(=O)NC(Nc2nc3ccccc3s2)=N1. The number of nitrogens with zero attached hydrogens (tertiary/aromatic N) is 2. The number of amides is 2. The van der Waals surface area contributed by atoms with Gasteiger partial charge in [-0.05, 0) is 42.8 Å². The number of halogens is 1. The number of para-hydroxylation sites is 1. The molecule has 2 heterocycles. The molecule has 1 aromatic heterocycles. The maximum Gasteiger partial charge on any atom is 0.249 e. The van der Waals surface area contributed by atoms with Crippen LogP contribution in [0, 0.1) is 6.92 Å². The first-order valence-corrected chi connectivity index (χ1v) is 9.74. The van der Waals surface area contributed by atoms with E-state index in [2.05, 4.69) is 25.9 Å². The summed E-state index contributed by atoms with van der Waals surface area (Å²) >= 11 is 7.39. The second-order valence-corrected chi connectivity index (χ2v) is 7.77. The summed E-state index contributed by atoms with van der Waals surface area (Å²) in [5.41, 5.74) is 2.32. The molecule has 9 heteroatoms. The van der Waals surface area contributed by atoms with Crippen molar-refractivity contribution in [2.75, 3.05) is 10.6 Å². The zero-order valence-electron chi connectivity index (χ0n) is 14.8. The zero-order valence-corrected chi connectivity index (χ0v) is 16.4. The molecule has 3 N–H and O–H groups in total. The Morgan fingerprint density at radius 3 is 2.89 bits per heavy atom. The van der Waals surface area contributed by atoms with Gasteiger partial charge in [0.05, 0.1) is 16.6 Å². The molecule has 1 atom stereocenters. The highest BCUT2D eigenvalue weighted by molar-refractivity contribution is 7.22. The third-order valence-electron chi connectivity index (χ3n) is 4.19. The highest BCUT2D eigenvalue weighted by atomic mass is 35.5. The van der Waals surface area contributed by atoms with Crippen LogP contribution in [0.1, 0.15) is 12.0 Å². The molecule has 142 valence electrons. The van der Waals surface area contributed by atoms with Crippen LogP contribution in [0.2, 0.25) is 5.02 Å². The number of thiazole rings is 1. The van der Waals surface area contributed by atoms with Gasteiger partial charge in [0, 0.05) is 10.7 Å². The lowest BCUT2D eigenvalue weighted by Crippen LogP contribution is -2.45. The Balaban J connectivity index is 1.52. The monoisotopic (exact) mass is 413 g/mol. The lowest BCUT2D eigenvalue weighted by molar-refractivity contribution is -0.124. The van der Waals surface area contributed by atoms with Crippen molar-refractivity contribution in [3.63, 3.8) is 0 Å². The fourth-order valence-electron chi connectivity index (χ4n) is 2.82. The van der Waals surface area contributed by atoms with Crippen LogP contribution in [-0.2, 0) is 9.59 Å². The summed E-state index contributed by atoms with van der Waals surface area (Å²) in [6, 6.07) is 12.1. The van der Waals surface area contributed by atoms with E-state index in [1.54, 1.807) is 18.2 Å². The molecule has 0 aliphatic carbocycles. The minimum Gasteiger partial charge on any atom is -0.324 e. The van der Waals surface area contributed by atoms with Gasteiger partial charge in [0.1, 0.15) is 6.04 Å². The summed E-state index contributed by atoms with van der Waals surface area (Å²) in [5.74, 6) is -0.432. The highest BCUT2D eigenvalue weighted by Crippen LogP contribution is 2.25. The quantitative estimate of drug-likeness (QED) is 0.611. The Hall–Kier alpha value is -2.97. The van der Waals surface area contributed by atoms with E-state index in [0.29, 0.717) is 15.8 Å². The molecule has 0 saturated heterocycles. The molecule has 28 heavy (non-hydrogen) atoms. The van der Waals surface area contributed by atoms with E-state index in [1.165, 1.54) is 11.3 Å². The molecular formula is C19H16ClN5O2S. The zero-order chi connectivity index (χ0) is 19.7. The van der Waals surface area contributed by atoms with Gasteiger partial charge in [-0.1, -0.05) is 35.1 Å². The Morgan fingerprint density at radius 2 is 2.11 bits per heavy atom. The van der Waals surface area contributed by atoms with Crippen LogP contribution in [0.15, 0.2) is 47.5 Å². The third-order valence-corrected chi connectivity index (χ3v) is 5.38. The van der Waals surface area contributed by atoms with Gasteiger partial charge in [0.2, 0.25) is 17.8 Å². The van der Waals surface area contributed by atoms with Crippen molar-refractivity contribution in [1.82, 2.24) is 10.3 Å². The first kappa shape index (κ1) is 18.4. The van der Waals surface area contributed by atoms with E-state index in [4.69, 9.17) is 11.6 Å². The molecular weight excluding hydrogens is 398 g/mol. The number of fused-ring (bicyclic) bond motifs is 1. The normalized spacial score (nSPS) is 16.4. The number of rotatable bonds is 3. The number of carbonyl (C=O) groups excluding carboxylic acids is 2. The van der Waals surface area contributed by atoms with Crippen LogP contribution in [0.4, 0.5) is 10.8 Å². The second-order valence-electron chi connectivity index (χ2n) is 6.31. The summed E-state index contributed by atoms with van der Waals surface area (Å²) in [4.78, 5) is 33.5. The minimum atomic E-state index is -0.833. The molecule has 4 rings (SSSR count). The smallest absolute Gasteiger partial charge is 0.249 e. The van der Waals surface area contributed by atoms with E-state index >= 15 is 0 Å². The Bertz CT molecular complexity index is 1080. The Labute approximate surface area is 169 Å². The molecule has 0 radical (unpaired) electrons. The average molecular weight is 414 g/mol. The first-order chi connectivity index (χ1) is 13.5. The van der Waals surface area contributed by atoms with E-state index in [9.17, 15) is 9.59 Å². The van der Waals surface area contributed by atoms with Gasteiger partial charge in [-0.2, -0.15) is 0 Å². The summed E-state index contributed by atoms with van der Waals surface area (Å²) in [6.07, 6.45) is -0.0243. The number of nitrogens with one attached hydrogen (secondary N) is 3. The molecule has 0 fully saturated rings. The fraction of sp³-hybridized carbons (Fsp3) is 0.158. The number of anilines is 2. The van der Waals surface area contributed by atoms with Crippen LogP contribution >= 0.6 is 22.9 Å². The largest absolute Gasteiger partial charge is 0.324 e. The summed E-state index contributed by atoms with van der Waals surface area (Å²) in [7, 11) is 0. The molecule has 1 aliphatic rings. The van der Waals surface area contributed by atoms with Crippen molar-refractivity contribution in [1.29, 1.82) is 0 Å². The maximum absolute atomic E-state index is 12.6. The minimum absolute atomic E-state index is 0.0243. The van der Waals surface area contributed by atoms with Crippen molar-refractivity contribution in [3.05, 3.63) is 53.1 Å². The Morgan fingerprint density at radius 1 is 1.29 bits per heavy atom. The van der Waals surface area contributed by atoms with Gasteiger partial charge >= 0.3 is 0 Å². The van der Waals surface area contributed by atoms with Gasteiger partial charge in [-0.15, -0.1) is 0 Å². The van der Waals surface area contributed by atoms with E-state index in [0.717, 1.165) is 15.8 Å². The predicted molar refractivity (Wildman–Crippen MR) is 112 cm³/mol. The van der Waals surface area contributed by atoms with Gasteiger partial charge in [0.15, 0.2) is 5.13 Å². The molecule has 2 aromatic carbocycles. The molecule has 0 saturated carbocycles. The van der Waals surface area contributed by atoms with E-state index in [-0.39, 0.29) is 24.2 Å². The van der Waals surface area contributed by atoms with Crippen molar-refractivity contribution in [3.8, 4) is 0 Å². The lowest BCUT2D eigenvalue weighted by atomic mass is 10.1. The predicted octanol–water partition coefficient (Wildman–Crippen LogP) is 3.55. The number of aliphatic imine (C=N–C) groups is 1. The third kappa shape index (κ3) is 3.97. The number of hydrogen-bond donors (Lipinski definition) is 3. The van der Waals surface area contributed by atoms with Crippen molar-refractivity contribution >= 4 is 61.7 Å². The van der Waals surface area contributed by atoms with Gasteiger partial charge < -0.3 is 10.6 Å². The molecule has 7 nitrogen and oxygen atoms in total. The van der Waals surface area contributed by atoms with Crippen LogP contribution in [0.3, 0.4) is 0 Å². The fourth-order valence-corrected chi connectivity index (χ4v) is 3.91. The van der Waals surface area contributed by atoms with Gasteiger partial charge in [0.25, 0.3) is 0 Å². The number of benzene rings is 2. The molecule has 1 aliphatic heterocycles.